The van der Waals surface area contributed by atoms with Gasteiger partial charge in [-0.25, -0.2) is 0 Å². The molecule has 0 amide bonds. The summed E-state index contributed by atoms with van der Waals surface area (Å²) >= 11 is 1.91. The Labute approximate surface area is 320 Å². The van der Waals surface area contributed by atoms with Crippen LogP contribution in [0, 0.1) is 0 Å². The summed E-state index contributed by atoms with van der Waals surface area (Å²) in [5.74, 6) is 0. The average Bonchev–Trinajstić information content (AvgIpc) is 3.78. The highest BCUT2D eigenvalue weighted by atomic mass is 32.1. The van der Waals surface area contributed by atoms with E-state index in [9.17, 15) is 0 Å². The van der Waals surface area contributed by atoms with Crippen LogP contribution in [0.4, 0.5) is 17.1 Å². The number of anilines is 3. The van der Waals surface area contributed by atoms with E-state index in [1.54, 1.807) is 0 Å². The Balaban J connectivity index is 1.18. The lowest BCUT2D eigenvalue weighted by Gasteiger charge is -2.30. The molecule has 0 radical (unpaired) electrons. The Morgan fingerprint density at radius 2 is 1.07 bits per heavy atom. The highest BCUT2D eigenvalue weighted by molar-refractivity contribution is 7.26. The zero-order valence-electron chi connectivity index (χ0n) is 30.9. The van der Waals surface area contributed by atoms with E-state index in [0.717, 1.165) is 0 Å². The Bertz CT molecular complexity index is 3000. The fourth-order valence-corrected chi connectivity index (χ4v) is 10.9. The van der Waals surface area contributed by atoms with Crippen molar-refractivity contribution in [2.75, 3.05) is 4.90 Å². The van der Waals surface area contributed by atoms with E-state index in [2.05, 4.69) is 196 Å². The second-order valence-electron chi connectivity index (χ2n) is 16.1. The van der Waals surface area contributed by atoms with Gasteiger partial charge in [0.05, 0.1) is 5.69 Å². The Hall–Kier alpha value is -5.96. The monoisotopic (exact) mass is 709 g/mol. The molecule has 2 heteroatoms. The molecule has 9 aromatic rings. The van der Waals surface area contributed by atoms with E-state index in [1.807, 2.05) is 11.3 Å². The molecule has 0 saturated carbocycles. The van der Waals surface area contributed by atoms with Crippen molar-refractivity contribution < 1.29 is 0 Å². The van der Waals surface area contributed by atoms with Crippen LogP contribution in [0.15, 0.2) is 164 Å². The molecular weight excluding hydrogens is 671 g/mol. The molecule has 0 bridgehead atoms. The van der Waals surface area contributed by atoms with Gasteiger partial charge in [-0.15, -0.1) is 11.3 Å². The van der Waals surface area contributed by atoms with Crippen LogP contribution in [0.2, 0.25) is 0 Å². The van der Waals surface area contributed by atoms with E-state index in [0.29, 0.717) is 0 Å². The summed E-state index contributed by atoms with van der Waals surface area (Å²) in [7, 11) is 0. The fourth-order valence-electron chi connectivity index (χ4n) is 9.69. The van der Waals surface area contributed by atoms with E-state index < -0.39 is 0 Å². The number of rotatable bonds is 4. The Kier molecular flexibility index (Phi) is 6.59. The molecule has 0 atom stereocenters. The smallest absolute Gasteiger partial charge is 0.0554 e. The maximum atomic E-state index is 2.54. The zero-order chi connectivity index (χ0) is 36.3. The maximum absolute atomic E-state index is 2.54. The summed E-state index contributed by atoms with van der Waals surface area (Å²) in [6.07, 6.45) is 0. The van der Waals surface area contributed by atoms with Crippen molar-refractivity contribution >= 4 is 59.3 Å². The van der Waals surface area contributed by atoms with Gasteiger partial charge in [0.2, 0.25) is 0 Å². The number of thiophene rings is 1. The van der Waals surface area contributed by atoms with E-state index in [-0.39, 0.29) is 10.8 Å². The third-order valence-electron chi connectivity index (χ3n) is 12.5. The first-order valence-corrected chi connectivity index (χ1v) is 19.8. The SMILES string of the molecule is CC1(C)c2ccccc2-c2cc(N(c3ccc4c(c3)C(C)(C)c3ccccc3-4)c3cccc4ccc5c6cc(-c7ccccc7)ccc6sc5c34)ccc21. The summed E-state index contributed by atoms with van der Waals surface area (Å²) in [6, 6.07) is 61.5. The third-order valence-corrected chi connectivity index (χ3v) is 13.7. The van der Waals surface area contributed by atoms with Crippen molar-refractivity contribution in [2.24, 2.45) is 0 Å². The highest BCUT2D eigenvalue weighted by Gasteiger charge is 2.37. The van der Waals surface area contributed by atoms with Crippen LogP contribution in [0.3, 0.4) is 0 Å². The van der Waals surface area contributed by atoms with Gasteiger partial charge in [0.15, 0.2) is 0 Å². The first kappa shape index (κ1) is 31.6. The number of nitrogens with zero attached hydrogens (tertiary/aromatic N) is 1. The molecule has 1 heterocycles. The lowest BCUT2D eigenvalue weighted by Crippen LogP contribution is -2.17. The Morgan fingerprint density at radius 3 is 1.87 bits per heavy atom. The largest absolute Gasteiger partial charge is 0.310 e. The average molecular weight is 710 g/mol. The van der Waals surface area contributed by atoms with E-state index in [1.165, 1.54) is 104 Å². The minimum Gasteiger partial charge on any atom is -0.310 e. The van der Waals surface area contributed by atoms with Gasteiger partial charge in [0, 0.05) is 47.8 Å². The Morgan fingerprint density at radius 1 is 0.426 bits per heavy atom. The predicted octanol–water partition coefficient (Wildman–Crippen LogP) is 15.0. The standard InChI is InChI=1S/C52H39NS/c1-51(2)44-19-11-9-17-38(44)41-30-35(24-27-45(41)51)53(36-23-26-39-37-16-8-10-18-43(37)52(3,4)46(39)31-36)47-20-12-15-33-21-25-40-42-29-34(32-13-6-5-7-14-32)22-28-48(42)54-50(40)49(33)47/h5-31H,1-4H3. The number of benzene rings is 8. The molecule has 0 unspecified atom stereocenters. The van der Waals surface area contributed by atoms with Gasteiger partial charge in [-0.1, -0.05) is 149 Å². The van der Waals surface area contributed by atoms with Crippen LogP contribution < -0.4 is 4.90 Å². The first-order valence-electron chi connectivity index (χ1n) is 19.0. The van der Waals surface area contributed by atoms with Crippen LogP contribution in [0.25, 0.3) is 64.3 Å². The summed E-state index contributed by atoms with van der Waals surface area (Å²) in [6.45, 7) is 9.48. The van der Waals surface area contributed by atoms with Gasteiger partial charge >= 0.3 is 0 Å². The summed E-state index contributed by atoms with van der Waals surface area (Å²) in [5.41, 5.74) is 16.8. The predicted molar refractivity (Wildman–Crippen MR) is 232 cm³/mol. The van der Waals surface area contributed by atoms with Crippen molar-refractivity contribution in [2.45, 2.75) is 38.5 Å². The van der Waals surface area contributed by atoms with Crippen LogP contribution in [0.1, 0.15) is 49.9 Å². The summed E-state index contributed by atoms with van der Waals surface area (Å²) < 4.78 is 2.64. The summed E-state index contributed by atoms with van der Waals surface area (Å²) in [5, 5.41) is 5.17. The van der Waals surface area contributed by atoms with Crippen molar-refractivity contribution in [3.63, 3.8) is 0 Å². The van der Waals surface area contributed by atoms with Gasteiger partial charge in [-0.05, 0) is 103 Å². The second-order valence-corrected chi connectivity index (χ2v) is 17.2. The van der Waals surface area contributed by atoms with Crippen molar-refractivity contribution in [3.8, 4) is 33.4 Å². The molecule has 1 nitrogen and oxygen atoms in total. The molecule has 1 aromatic heterocycles. The number of hydrogen-bond acceptors (Lipinski definition) is 2. The normalized spacial score (nSPS) is 14.6. The van der Waals surface area contributed by atoms with Gasteiger partial charge in [-0.3, -0.25) is 0 Å². The minimum absolute atomic E-state index is 0.0556. The molecule has 8 aromatic carbocycles. The van der Waals surface area contributed by atoms with Crippen LogP contribution in [-0.2, 0) is 10.8 Å². The molecule has 0 N–H and O–H groups in total. The zero-order valence-corrected chi connectivity index (χ0v) is 31.8. The topological polar surface area (TPSA) is 3.24 Å². The van der Waals surface area contributed by atoms with Crippen molar-refractivity contribution in [1.82, 2.24) is 0 Å². The van der Waals surface area contributed by atoms with Crippen LogP contribution in [-0.4, -0.2) is 0 Å². The molecule has 0 spiro atoms. The number of fused-ring (bicyclic) bond motifs is 11. The molecule has 0 aliphatic heterocycles. The third kappa shape index (κ3) is 4.38. The lowest BCUT2D eigenvalue weighted by molar-refractivity contribution is 0.660. The quantitative estimate of drug-likeness (QED) is 0.176. The molecular formula is C52H39NS. The molecule has 2 aliphatic rings. The van der Waals surface area contributed by atoms with Crippen molar-refractivity contribution in [1.29, 1.82) is 0 Å². The summed E-state index contributed by atoms with van der Waals surface area (Å²) in [4.78, 5) is 2.54. The van der Waals surface area contributed by atoms with Crippen LogP contribution >= 0.6 is 11.3 Å². The van der Waals surface area contributed by atoms with Crippen molar-refractivity contribution in [3.05, 3.63) is 186 Å². The van der Waals surface area contributed by atoms with Gasteiger partial charge < -0.3 is 4.90 Å². The minimum atomic E-state index is -0.109. The lowest BCUT2D eigenvalue weighted by atomic mass is 9.82. The fraction of sp³-hybridized carbons (Fsp3) is 0.115. The highest BCUT2D eigenvalue weighted by Crippen LogP contribution is 2.54. The second kappa shape index (κ2) is 11.3. The van der Waals surface area contributed by atoms with E-state index in [4.69, 9.17) is 0 Å². The maximum Gasteiger partial charge on any atom is 0.0554 e. The van der Waals surface area contributed by atoms with Gasteiger partial charge in [0.1, 0.15) is 0 Å². The molecule has 2 aliphatic carbocycles. The molecule has 0 saturated heterocycles. The molecule has 54 heavy (non-hydrogen) atoms. The molecule has 11 rings (SSSR count). The molecule has 0 fully saturated rings. The molecule has 258 valence electrons. The van der Waals surface area contributed by atoms with Crippen LogP contribution in [0.5, 0.6) is 0 Å². The van der Waals surface area contributed by atoms with Gasteiger partial charge in [0.25, 0.3) is 0 Å². The van der Waals surface area contributed by atoms with Gasteiger partial charge in [-0.2, -0.15) is 0 Å². The first-order chi connectivity index (χ1) is 26.3. The van der Waals surface area contributed by atoms with E-state index >= 15 is 0 Å². The number of hydrogen-bond donors (Lipinski definition) is 0.